The number of carbonyl (C=O) groups excluding carboxylic acids is 2. The molecule has 6 heteroatoms. The first-order valence-electron chi connectivity index (χ1n) is 4.12. The zero-order valence-corrected chi connectivity index (χ0v) is 7.93. The first kappa shape index (κ1) is 13.0. The minimum absolute atomic E-state index is 0.0569. The third-order valence-electron chi connectivity index (χ3n) is 1.16. The van der Waals surface area contributed by atoms with Crippen molar-refractivity contribution in [1.29, 1.82) is 0 Å². The normalized spacial score (nSPS) is 12.2. The predicted octanol–water partition coefficient (Wildman–Crippen LogP) is -1.16. The molecule has 2 N–H and O–H groups in total. The van der Waals surface area contributed by atoms with E-state index in [9.17, 15) is 9.59 Å². The third kappa shape index (κ3) is 7.66. The highest BCUT2D eigenvalue weighted by atomic mass is 16.7. The summed E-state index contributed by atoms with van der Waals surface area (Å²) >= 11 is 0. The average molecular weight is 206 g/mol. The number of aliphatic hydroxyl groups is 2. The standard InChI is InChI=1S/C8H14O6/c1-6(10)4-7(11)14-8(12)5-13-3-2-9/h8-9,12H,2-5H2,1H3. The Labute approximate surface area is 81.4 Å². The molecule has 0 aliphatic heterocycles. The summed E-state index contributed by atoms with van der Waals surface area (Å²) in [6.45, 7) is 0.912. The molecule has 14 heavy (non-hydrogen) atoms. The fourth-order valence-electron chi connectivity index (χ4n) is 0.679. The predicted molar refractivity (Wildman–Crippen MR) is 45.3 cm³/mol. The summed E-state index contributed by atoms with van der Waals surface area (Å²) in [5, 5.41) is 17.3. The van der Waals surface area contributed by atoms with Gasteiger partial charge in [-0.15, -0.1) is 0 Å². The summed E-state index contributed by atoms with van der Waals surface area (Å²) in [5.74, 6) is -1.13. The van der Waals surface area contributed by atoms with E-state index in [-0.39, 0.29) is 32.0 Å². The van der Waals surface area contributed by atoms with Crippen LogP contribution in [0.2, 0.25) is 0 Å². The molecule has 1 unspecified atom stereocenters. The van der Waals surface area contributed by atoms with Crippen molar-refractivity contribution in [2.24, 2.45) is 0 Å². The van der Waals surface area contributed by atoms with Gasteiger partial charge in [-0.25, -0.2) is 0 Å². The Morgan fingerprint density at radius 2 is 2.07 bits per heavy atom. The van der Waals surface area contributed by atoms with Gasteiger partial charge < -0.3 is 19.7 Å². The lowest BCUT2D eigenvalue weighted by Crippen LogP contribution is -2.24. The van der Waals surface area contributed by atoms with E-state index in [1.807, 2.05) is 0 Å². The topological polar surface area (TPSA) is 93.1 Å². The molecule has 0 aromatic rings. The van der Waals surface area contributed by atoms with Crippen molar-refractivity contribution in [3.63, 3.8) is 0 Å². The number of esters is 1. The Bertz CT molecular complexity index is 190. The maximum atomic E-state index is 10.8. The van der Waals surface area contributed by atoms with E-state index in [1.165, 1.54) is 6.92 Å². The first-order valence-corrected chi connectivity index (χ1v) is 4.12. The van der Waals surface area contributed by atoms with Crippen LogP contribution < -0.4 is 0 Å². The number of hydrogen-bond donors (Lipinski definition) is 2. The van der Waals surface area contributed by atoms with Gasteiger partial charge in [0.2, 0.25) is 6.29 Å². The van der Waals surface area contributed by atoms with E-state index in [4.69, 9.17) is 10.2 Å². The molecular formula is C8H14O6. The number of rotatable bonds is 7. The Morgan fingerprint density at radius 3 is 2.57 bits per heavy atom. The zero-order valence-electron chi connectivity index (χ0n) is 7.93. The van der Waals surface area contributed by atoms with Crippen LogP contribution in [0.1, 0.15) is 13.3 Å². The molecule has 0 aliphatic rings. The molecule has 1 atom stereocenters. The summed E-state index contributed by atoms with van der Waals surface area (Å²) in [5.41, 5.74) is 0. The molecule has 0 spiro atoms. The lowest BCUT2D eigenvalue weighted by molar-refractivity contribution is -0.177. The Hall–Kier alpha value is -0.980. The van der Waals surface area contributed by atoms with E-state index < -0.39 is 12.3 Å². The van der Waals surface area contributed by atoms with Gasteiger partial charge in [-0.3, -0.25) is 9.59 Å². The lowest BCUT2D eigenvalue weighted by atomic mass is 10.3. The molecule has 0 amide bonds. The number of Topliss-reactive ketones (excluding diaryl/α,β-unsaturated/α-hetero) is 1. The molecule has 0 radical (unpaired) electrons. The van der Waals surface area contributed by atoms with Crippen molar-refractivity contribution in [3.05, 3.63) is 0 Å². The van der Waals surface area contributed by atoms with Gasteiger partial charge in [-0.05, 0) is 6.92 Å². The molecule has 0 rings (SSSR count). The number of carbonyl (C=O) groups is 2. The molecule has 6 nitrogen and oxygen atoms in total. The van der Waals surface area contributed by atoms with Crippen LogP contribution in [0.25, 0.3) is 0 Å². The fourth-order valence-corrected chi connectivity index (χ4v) is 0.679. The number of ether oxygens (including phenoxy) is 2. The van der Waals surface area contributed by atoms with Gasteiger partial charge in [-0.1, -0.05) is 0 Å². The van der Waals surface area contributed by atoms with Gasteiger partial charge in [0.15, 0.2) is 0 Å². The van der Waals surface area contributed by atoms with Crippen LogP contribution in [-0.4, -0.2) is 48.1 Å². The SMILES string of the molecule is CC(=O)CC(=O)OC(O)COCCO. The summed E-state index contributed by atoms with van der Waals surface area (Å²) < 4.78 is 9.09. The maximum absolute atomic E-state index is 10.8. The molecule has 82 valence electrons. The van der Waals surface area contributed by atoms with Gasteiger partial charge in [0.1, 0.15) is 18.8 Å². The Morgan fingerprint density at radius 1 is 1.43 bits per heavy atom. The highest BCUT2D eigenvalue weighted by molar-refractivity contribution is 5.94. The average Bonchev–Trinajstić information content (AvgIpc) is 2.02. The molecule has 0 aromatic carbocycles. The van der Waals surface area contributed by atoms with Crippen LogP contribution in [0, 0.1) is 0 Å². The molecule has 0 aliphatic carbocycles. The molecule has 0 fully saturated rings. The van der Waals surface area contributed by atoms with E-state index in [0.29, 0.717) is 0 Å². The minimum atomic E-state index is -1.40. The van der Waals surface area contributed by atoms with Gasteiger partial charge >= 0.3 is 5.97 Å². The van der Waals surface area contributed by atoms with Gasteiger partial charge in [0.05, 0.1) is 13.2 Å². The summed E-state index contributed by atoms with van der Waals surface area (Å²) in [6, 6.07) is 0. The molecule has 0 saturated heterocycles. The minimum Gasteiger partial charge on any atom is -0.433 e. The second-order valence-electron chi connectivity index (χ2n) is 2.62. The van der Waals surface area contributed by atoms with Crippen molar-refractivity contribution in [2.45, 2.75) is 19.6 Å². The highest BCUT2D eigenvalue weighted by Crippen LogP contribution is 1.94. The van der Waals surface area contributed by atoms with Crippen LogP contribution in [0.5, 0.6) is 0 Å². The van der Waals surface area contributed by atoms with Crippen molar-refractivity contribution in [2.75, 3.05) is 19.8 Å². The highest BCUT2D eigenvalue weighted by Gasteiger charge is 2.12. The van der Waals surface area contributed by atoms with Gasteiger partial charge in [0, 0.05) is 0 Å². The van der Waals surface area contributed by atoms with Gasteiger partial charge in [-0.2, -0.15) is 0 Å². The Kier molecular flexibility index (Phi) is 6.91. The summed E-state index contributed by atoms with van der Waals surface area (Å²) in [6.07, 6.45) is -1.76. The molecule has 0 heterocycles. The molecule has 0 bridgehead atoms. The van der Waals surface area contributed by atoms with Crippen LogP contribution in [0.4, 0.5) is 0 Å². The fraction of sp³-hybridized carbons (Fsp3) is 0.750. The van der Waals surface area contributed by atoms with Crippen molar-refractivity contribution in [1.82, 2.24) is 0 Å². The second-order valence-corrected chi connectivity index (χ2v) is 2.62. The third-order valence-corrected chi connectivity index (χ3v) is 1.16. The number of hydrogen-bond acceptors (Lipinski definition) is 6. The zero-order chi connectivity index (χ0) is 11.0. The van der Waals surface area contributed by atoms with Crippen LogP contribution in [0.15, 0.2) is 0 Å². The monoisotopic (exact) mass is 206 g/mol. The van der Waals surface area contributed by atoms with Crippen LogP contribution in [-0.2, 0) is 19.1 Å². The number of aliphatic hydroxyl groups excluding tert-OH is 2. The summed E-state index contributed by atoms with van der Waals surface area (Å²) in [4.78, 5) is 21.2. The molecule has 0 aromatic heterocycles. The van der Waals surface area contributed by atoms with Crippen LogP contribution in [0.3, 0.4) is 0 Å². The van der Waals surface area contributed by atoms with Crippen LogP contribution >= 0.6 is 0 Å². The van der Waals surface area contributed by atoms with Crippen molar-refractivity contribution in [3.8, 4) is 0 Å². The smallest absolute Gasteiger partial charge is 0.315 e. The van der Waals surface area contributed by atoms with E-state index in [2.05, 4.69) is 9.47 Å². The first-order chi connectivity index (χ1) is 6.56. The van der Waals surface area contributed by atoms with Gasteiger partial charge in [0.25, 0.3) is 0 Å². The van der Waals surface area contributed by atoms with Crippen molar-refractivity contribution >= 4 is 11.8 Å². The quantitative estimate of drug-likeness (QED) is 0.236. The lowest BCUT2D eigenvalue weighted by Gasteiger charge is -2.11. The summed E-state index contributed by atoms with van der Waals surface area (Å²) in [7, 11) is 0. The Balaban J connectivity index is 3.55. The number of ketones is 1. The molecule has 0 saturated carbocycles. The second kappa shape index (κ2) is 7.43. The maximum Gasteiger partial charge on any atom is 0.315 e. The van der Waals surface area contributed by atoms with E-state index in [0.717, 1.165) is 0 Å². The molecular weight excluding hydrogens is 192 g/mol. The van der Waals surface area contributed by atoms with E-state index >= 15 is 0 Å². The van der Waals surface area contributed by atoms with Crippen molar-refractivity contribution < 1.29 is 29.3 Å². The largest absolute Gasteiger partial charge is 0.433 e. The van der Waals surface area contributed by atoms with E-state index in [1.54, 1.807) is 0 Å².